The Kier molecular flexibility index (Phi) is 4.52. The number of nitro groups is 1. The second-order valence-electron chi connectivity index (χ2n) is 5.32. The third-order valence-corrected chi connectivity index (χ3v) is 3.18. The van der Waals surface area contributed by atoms with Crippen LogP contribution in [0.4, 0.5) is 11.5 Å². The molecule has 0 amide bonds. The van der Waals surface area contributed by atoms with Crippen LogP contribution in [0.3, 0.4) is 0 Å². The van der Waals surface area contributed by atoms with Crippen molar-refractivity contribution in [3.8, 4) is 0 Å². The lowest BCUT2D eigenvalue weighted by Gasteiger charge is -2.21. The van der Waals surface area contributed by atoms with Gasteiger partial charge in [-0.3, -0.25) is 10.1 Å². The normalized spacial score (nSPS) is 14.5. The monoisotopic (exact) mass is 270 g/mol. The zero-order chi connectivity index (χ0) is 14.8. The summed E-state index contributed by atoms with van der Waals surface area (Å²) in [6, 6.07) is 0. The molecule has 1 atom stereocenters. The smallest absolute Gasteiger partial charge is 0.334 e. The molecule has 0 fully saturated rings. The Balaban J connectivity index is 3.10. The van der Waals surface area contributed by atoms with Gasteiger partial charge < -0.3 is 10.4 Å². The van der Waals surface area contributed by atoms with E-state index in [1.54, 1.807) is 14.0 Å². The maximum atomic E-state index is 11.2. The number of aromatic nitrogens is 2. The van der Waals surface area contributed by atoms with Gasteiger partial charge in [0, 0.05) is 19.5 Å². The van der Waals surface area contributed by atoms with Gasteiger partial charge in [0.15, 0.2) is 0 Å². The maximum absolute atomic E-state index is 11.2. The van der Waals surface area contributed by atoms with Crippen molar-refractivity contribution in [2.24, 2.45) is 7.05 Å². The summed E-state index contributed by atoms with van der Waals surface area (Å²) in [5.74, 6) is 0.302. The quantitative estimate of drug-likeness (QED) is 0.609. The fourth-order valence-electron chi connectivity index (χ4n) is 1.70. The Morgan fingerprint density at radius 2 is 2.16 bits per heavy atom. The molecular formula is C12H22N4O3. The van der Waals surface area contributed by atoms with Gasteiger partial charge in [-0.15, -0.1) is 0 Å². The van der Waals surface area contributed by atoms with Gasteiger partial charge in [0.2, 0.25) is 5.82 Å². The zero-order valence-electron chi connectivity index (χ0n) is 12.1. The van der Waals surface area contributed by atoms with Crippen LogP contribution in [0.25, 0.3) is 0 Å². The van der Waals surface area contributed by atoms with E-state index < -0.39 is 10.5 Å². The predicted octanol–water partition coefficient (Wildman–Crippen LogP) is 2.02. The molecule has 1 aromatic heterocycles. The summed E-state index contributed by atoms with van der Waals surface area (Å²) >= 11 is 0. The van der Waals surface area contributed by atoms with Crippen LogP contribution < -0.4 is 5.32 Å². The Bertz CT molecular complexity index is 466. The standard InChI is InChI=1S/C12H22N4O3/c1-6-12(4,17)7-13-11-10(16(18)19)9(8(2)3)14-15(11)5/h8,13,17H,6-7H2,1-5H3. The molecule has 0 saturated heterocycles. The summed E-state index contributed by atoms with van der Waals surface area (Å²) in [5, 5.41) is 28.3. The van der Waals surface area contributed by atoms with Crippen LogP contribution in [-0.2, 0) is 7.05 Å². The van der Waals surface area contributed by atoms with Gasteiger partial charge in [-0.25, -0.2) is 4.68 Å². The van der Waals surface area contributed by atoms with Crippen molar-refractivity contribution >= 4 is 11.5 Å². The maximum Gasteiger partial charge on any atom is 0.334 e. The van der Waals surface area contributed by atoms with E-state index in [0.717, 1.165) is 0 Å². The Labute approximate surface area is 112 Å². The molecule has 0 saturated carbocycles. The molecular weight excluding hydrogens is 248 g/mol. The minimum atomic E-state index is -0.907. The summed E-state index contributed by atoms with van der Waals surface area (Å²) in [6.45, 7) is 7.51. The Morgan fingerprint density at radius 1 is 1.58 bits per heavy atom. The second kappa shape index (κ2) is 5.56. The third-order valence-electron chi connectivity index (χ3n) is 3.18. The highest BCUT2D eigenvalue weighted by molar-refractivity contribution is 5.60. The lowest BCUT2D eigenvalue weighted by atomic mass is 10.0. The number of aliphatic hydroxyl groups is 1. The Hall–Kier alpha value is -1.63. The summed E-state index contributed by atoms with van der Waals surface area (Å²) in [6.07, 6.45) is 0.558. The van der Waals surface area contributed by atoms with Gasteiger partial charge in [-0.05, 0) is 13.3 Å². The van der Waals surface area contributed by atoms with Gasteiger partial charge in [-0.1, -0.05) is 20.8 Å². The average molecular weight is 270 g/mol. The number of rotatable bonds is 6. The van der Waals surface area contributed by atoms with Crippen molar-refractivity contribution in [1.29, 1.82) is 0 Å². The van der Waals surface area contributed by atoms with E-state index in [9.17, 15) is 15.2 Å². The molecule has 108 valence electrons. The molecule has 0 aliphatic rings. The Morgan fingerprint density at radius 3 is 2.58 bits per heavy atom. The second-order valence-corrected chi connectivity index (χ2v) is 5.32. The molecule has 7 heteroatoms. The molecule has 0 aliphatic carbocycles. The molecule has 1 aromatic rings. The lowest BCUT2D eigenvalue weighted by Crippen LogP contribution is -2.33. The minimum absolute atomic E-state index is 0.00981. The largest absolute Gasteiger partial charge is 0.388 e. The van der Waals surface area contributed by atoms with E-state index in [0.29, 0.717) is 17.9 Å². The molecule has 1 heterocycles. The van der Waals surface area contributed by atoms with Crippen LogP contribution in [0.1, 0.15) is 45.7 Å². The van der Waals surface area contributed by atoms with E-state index in [1.165, 1.54) is 4.68 Å². The fraction of sp³-hybridized carbons (Fsp3) is 0.750. The van der Waals surface area contributed by atoms with E-state index in [4.69, 9.17) is 0 Å². The van der Waals surface area contributed by atoms with Gasteiger partial charge in [0.25, 0.3) is 0 Å². The van der Waals surface area contributed by atoms with Gasteiger partial charge >= 0.3 is 5.69 Å². The first-order valence-electron chi connectivity index (χ1n) is 6.37. The molecule has 0 aliphatic heterocycles. The van der Waals surface area contributed by atoms with Crippen molar-refractivity contribution < 1.29 is 10.0 Å². The van der Waals surface area contributed by atoms with Crippen LogP contribution in [0.5, 0.6) is 0 Å². The topological polar surface area (TPSA) is 93.2 Å². The molecule has 0 spiro atoms. The van der Waals surface area contributed by atoms with Crippen LogP contribution in [0, 0.1) is 10.1 Å². The molecule has 0 radical (unpaired) electrons. The van der Waals surface area contributed by atoms with Crippen molar-refractivity contribution in [2.75, 3.05) is 11.9 Å². The molecule has 0 aromatic carbocycles. The average Bonchev–Trinajstić information content (AvgIpc) is 2.64. The number of nitrogens with one attached hydrogen (secondary N) is 1. The van der Waals surface area contributed by atoms with Gasteiger partial charge in [0.05, 0.1) is 10.5 Å². The highest BCUT2D eigenvalue weighted by Gasteiger charge is 2.29. The SMILES string of the molecule is CCC(C)(O)CNc1c([N+](=O)[O-])c(C(C)C)nn1C. The van der Waals surface area contributed by atoms with E-state index >= 15 is 0 Å². The van der Waals surface area contributed by atoms with Crippen molar-refractivity contribution in [2.45, 2.75) is 45.6 Å². The third kappa shape index (κ3) is 3.44. The zero-order valence-corrected chi connectivity index (χ0v) is 12.1. The summed E-state index contributed by atoms with van der Waals surface area (Å²) < 4.78 is 1.46. The van der Waals surface area contributed by atoms with Crippen molar-refractivity contribution in [1.82, 2.24) is 9.78 Å². The summed E-state index contributed by atoms with van der Waals surface area (Å²) in [4.78, 5) is 10.8. The van der Waals surface area contributed by atoms with Crippen LogP contribution in [-0.4, -0.2) is 32.0 Å². The molecule has 19 heavy (non-hydrogen) atoms. The predicted molar refractivity (Wildman–Crippen MR) is 73.4 cm³/mol. The van der Waals surface area contributed by atoms with Crippen LogP contribution in [0.2, 0.25) is 0 Å². The number of hydrogen-bond donors (Lipinski definition) is 2. The van der Waals surface area contributed by atoms with Crippen molar-refractivity contribution in [3.63, 3.8) is 0 Å². The molecule has 2 N–H and O–H groups in total. The van der Waals surface area contributed by atoms with Crippen molar-refractivity contribution in [3.05, 3.63) is 15.8 Å². The minimum Gasteiger partial charge on any atom is -0.388 e. The van der Waals surface area contributed by atoms with Gasteiger partial charge in [-0.2, -0.15) is 5.10 Å². The first-order chi connectivity index (χ1) is 8.69. The van der Waals surface area contributed by atoms with E-state index in [-0.39, 0.29) is 18.2 Å². The lowest BCUT2D eigenvalue weighted by molar-refractivity contribution is -0.384. The summed E-state index contributed by atoms with van der Waals surface area (Å²) in [5.41, 5.74) is -0.466. The van der Waals surface area contributed by atoms with Crippen LogP contribution >= 0.6 is 0 Å². The van der Waals surface area contributed by atoms with Crippen LogP contribution in [0.15, 0.2) is 0 Å². The number of hydrogen-bond acceptors (Lipinski definition) is 5. The molecule has 0 bridgehead atoms. The molecule has 7 nitrogen and oxygen atoms in total. The first kappa shape index (κ1) is 15.4. The molecule has 1 rings (SSSR count). The van der Waals surface area contributed by atoms with E-state index in [2.05, 4.69) is 10.4 Å². The highest BCUT2D eigenvalue weighted by atomic mass is 16.6. The summed E-state index contributed by atoms with van der Waals surface area (Å²) in [7, 11) is 1.65. The number of nitrogens with zero attached hydrogens (tertiary/aromatic N) is 3. The first-order valence-corrected chi connectivity index (χ1v) is 6.37. The molecule has 1 unspecified atom stereocenters. The fourth-order valence-corrected chi connectivity index (χ4v) is 1.70. The van der Waals surface area contributed by atoms with Gasteiger partial charge in [0.1, 0.15) is 5.69 Å². The highest BCUT2D eigenvalue weighted by Crippen LogP contribution is 2.33. The van der Waals surface area contributed by atoms with E-state index in [1.807, 2.05) is 20.8 Å². The number of anilines is 1. The number of aryl methyl sites for hydroxylation is 1.